The summed E-state index contributed by atoms with van der Waals surface area (Å²) in [5, 5.41) is 10.8. The molecule has 0 amide bonds. The lowest BCUT2D eigenvalue weighted by atomic mass is 9.67. The Morgan fingerprint density at radius 2 is 2.00 bits per heavy atom. The van der Waals surface area contributed by atoms with Gasteiger partial charge in [-0.15, -0.1) is 0 Å². The van der Waals surface area contributed by atoms with Crippen LogP contribution in [0.2, 0.25) is 0 Å². The van der Waals surface area contributed by atoms with Crippen LogP contribution < -0.4 is 4.74 Å². The smallest absolute Gasteiger partial charge is 0.119 e. The Morgan fingerprint density at radius 3 is 2.77 bits per heavy atom. The second-order valence-corrected chi connectivity index (χ2v) is 8.71. The van der Waals surface area contributed by atoms with Gasteiger partial charge in [-0.1, -0.05) is 49.1 Å². The van der Waals surface area contributed by atoms with Gasteiger partial charge in [-0.05, 0) is 77.8 Å². The van der Waals surface area contributed by atoms with Crippen molar-refractivity contribution >= 4 is 5.57 Å². The van der Waals surface area contributed by atoms with Gasteiger partial charge < -0.3 is 9.84 Å². The fourth-order valence-corrected chi connectivity index (χ4v) is 5.25. The molecule has 0 aliphatic heterocycles. The van der Waals surface area contributed by atoms with Crippen molar-refractivity contribution < 1.29 is 9.84 Å². The van der Waals surface area contributed by atoms with Crippen molar-refractivity contribution in [1.82, 2.24) is 0 Å². The monoisotopic (exact) mass is 348 g/mol. The molecule has 1 aromatic carbocycles. The molecule has 1 aromatic rings. The zero-order valence-electron chi connectivity index (χ0n) is 15.8. The molecule has 1 N–H and O–H groups in total. The Balaban J connectivity index is 1.63. The van der Waals surface area contributed by atoms with Crippen LogP contribution in [0.4, 0.5) is 0 Å². The molecule has 4 aliphatic carbocycles. The normalized spacial score (nSPS) is 30.0. The van der Waals surface area contributed by atoms with Gasteiger partial charge in [-0.3, -0.25) is 0 Å². The minimum atomic E-state index is -0.408. The standard InChI is InChI=1S/C24H28O2/c1-14-3-7-19-21(9-14)16(10-15-4-5-15)11-17-12-23(25)22-13-18(26-2)6-8-20(22)24(17)19/h3,6-8,13-16,23,25H,4-5,9-12H2,1-2H3. The molecule has 2 heteroatoms. The summed E-state index contributed by atoms with van der Waals surface area (Å²) in [4.78, 5) is 0. The fraction of sp³-hybridized carbons (Fsp3) is 0.500. The minimum Gasteiger partial charge on any atom is -0.497 e. The van der Waals surface area contributed by atoms with Crippen molar-refractivity contribution in [2.24, 2.45) is 17.8 Å². The first-order valence-electron chi connectivity index (χ1n) is 10.1. The number of rotatable bonds is 3. The quantitative estimate of drug-likeness (QED) is 0.770. The number of aliphatic hydroxyl groups is 1. The lowest BCUT2D eigenvalue weighted by molar-refractivity contribution is 0.173. The Morgan fingerprint density at radius 1 is 1.15 bits per heavy atom. The summed E-state index contributed by atoms with van der Waals surface area (Å²) in [6.07, 6.45) is 11.7. The van der Waals surface area contributed by atoms with Crippen LogP contribution in [0.15, 0.2) is 47.1 Å². The zero-order chi connectivity index (χ0) is 17.8. The van der Waals surface area contributed by atoms with E-state index in [4.69, 9.17) is 4.74 Å². The number of fused-ring (bicyclic) bond motifs is 3. The van der Waals surface area contributed by atoms with E-state index in [1.165, 1.54) is 48.0 Å². The van der Waals surface area contributed by atoms with Gasteiger partial charge in [0, 0.05) is 0 Å². The second-order valence-electron chi connectivity index (χ2n) is 8.71. The van der Waals surface area contributed by atoms with Crippen molar-refractivity contribution in [2.45, 2.75) is 51.6 Å². The van der Waals surface area contributed by atoms with Crippen molar-refractivity contribution in [3.05, 3.63) is 58.2 Å². The number of hydrogen-bond donors (Lipinski definition) is 1. The molecule has 3 unspecified atom stereocenters. The first-order valence-corrected chi connectivity index (χ1v) is 10.1. The van der Waals surface area contributed by atoms with Crippen LogP contribution >= 0.6 is 0 Å². The van der Waals surface area contributed by atoms with Crippen LogP contribution in [-0.2, 0) is 0 Å². The maximum Gasteiger partial charge on any atom is 0.119 e. The molecule has 1 saturated carbocycles. The largest absolute Gasteiger partial charge is 0.497 e. The van der Waals surface area contributed by atoms with E-state index in [1.54, 1.807) is 12.7 Å². The van der Waals surface area contributed by atoms with Gasteiger partial charge >= 0.3 is 0 Å². The zero-order valence-corrected chi connectivity index (χ0v) is 15.8. The molecule has 136 valence electrons. The molecule has 0 aromatic heterocycles. The van der Waals surface area contributed by atoms with Crippen LogP contribution in [0.25, 0.3) is 5.57 Å². The number of allylic oxidation sites excluding steroid dienone is 5. The third kappa shape index (κ3) is 2.66. The van der Waals surface area contributed by atoms with E-state index in [2.05, 4.69) is 25.1 Å². The van der Waals surface area contributed by atoms with Crippen LogP contribution in [0.5, 0.6) is 5.75 Å². The molecule has 1 fully saturated rings. The molecule has 0 spiro atoms. The SMILES string of the molecule is COc1ccc2c(c1)C(O)CC1=C2C2=C(CC(C)C=C2)C(CC2CC2)C1. The average molecular weight is 348 g/mol. The van der Waals surface area contributed by atoms with Gasteiger partial charge in [0.25, 0.3) is 0 Å². The van der Waals surface area contributed by atoms with Gasteiger partial charge in [0.1, 0.15) is 5.75 Å². The summed E-state index contributed by atoms with van der Waals surface area (Å²) in [5.41, 5.74) is 8.28. The number of ether oxygens (including phenoxy) is 1. The predicted molar refractivity (Wildman–Crippen MR) is 105 cm³/mol. The highest BCUT2D eigenvalue weighted by Crippen LogP contribution is 2.53. The third-order valence-corrected chi connectivity index (χ3v) is 6.73. The minimum absolute atomic E-state index is 0.408. The summed E-state index contributed by atoms with van der Waals surface area (Å²) in [7, 11) is 1.69. The predicted octanol–water partition coefficient (Wildman–Crippen LogP) is 5.60. The molecule has 0 radical (unpaired) electrons. The molecule has 0 bridgehead atoms. The van der Waals surface area contributed by atoms with Crippen LogP contribution in [-0.4, -0.2) is 12.2 Å². The van der Waals surface area contributed by atoms with E-state index < -0.39 is 6.10 Å². The van der Waals surface area contributed by atoms with Crippen molar-refractivity contribution in [3.8, 4) is 5.75 Å². The van der Waals surface area contributed by atoms with Gasteiger partial charge in [-0.25, -0.2) is 0 Å². The highest BCUT2D eigenvalue weighted by atomic mass is 16.5. The van der Waals surface area contributed by atoms with E-state index in [0.29, 0.717) is 11.8 Å². The van der Waals surface area contributed by atoms with Crippen LogP contribution in [0.1, 0.15) is 62.7 Å². The molecule has 0 heterocycles. The Labute approximate surface area is 156 Å². The number of methoxy groups -OCH3 is 1. The molecule has 0 saturated heterocycles. The van der Waals surface area contributed by atoms with Gasteiger partial charge in [-0.2, -0.15) is 0 Å². The molecule has 5 rings (SSSR count). The maximum absolute atomic E-state index is 10.8. The average Bonchev–Trinajstić information content (AvgIpc) is 3.45. The Kier molecular flexibility index (Phi) is 3.86. The van der Waals surface area contributed by atoms with E-state index >= 15 is 0 Å². The van der Waals surface area contributed by atoms with Gasteiger partial charge in [0.15, 0.2) is 0 Å². The van der Waals surface area contributed by atoms with E-state index in [1.807, 2.05) is 12.1 Å². The number of hydrogen-bond acceptors (Lipinski definition) is 2. The van der Waals surface area contributed by atoms with Crippen molar-refractivity contribution in [2.75, 3.05) is 7.11 Å². The van der Waals surface area contributed by atoms with Crippen molar-refractivity contribution in [1.29, 1.82) is 0 Å². The second kappa shape index (κ2) is 6.13. The summed E-state index contributed by atoms with van der Waals surface area (Å²) in [6.45, 7) is 2.34. The first kappa shape index (κ1) is 16.4. The Hall–Kier alpha value is -1.80. The highest BCUT2D eigenvalue weighted by Gasteiger charge is 2.37. The van der Waals surface area contributed by atoms with E-state index in [0.717, 1.165) is 30.1 Å². The first-order chi connectivity index (χ1) is 12.6. The van der Waals surface area contributed by atoms with Gasteiger partial charge in [0.2, 0.25) is 0 Å². The Bertz CT molecular complexity index is 838. The van der Waals surface area contributed by atoms with E-state index in [9.17, 15) is 5.11 Å². The lowest BCUT2D eigenvalue weighted by Crippen LogP contribution is -2.23. The lowest BCUT2D eigenvalue weighted by Gasteiger charge is -2.39. The number of aliphatic hydroxyl groups excluding tert-OH is 1. The van der Waals surface area contributed by atoms with E-state index in [-0.39, 0.29) is 0 Å². The number of benzene rings is 1. The molecule has 2 nitrogen and oxygen atoms in total. The fourth-order valence-electron chi connectivity index (χ4n) is 5.25. The maximum atomic E-state index is 10.8. The summed E-state index contributed by atoms with van der Waals surface area (Å²) in [6, 6.07) is 6.21. The molecular formula is C24H28O2. The highest BCUT2D eigenvalue weighted by molar-refractivity contribution is 5.89. The molecule has 26 heavy (non-hydrogen) atoms. The van der Waals surface area contributed by atoms with Crippen LogP contribution in [0.3, 0.4) is 0 Å². The summed E-state index contributed by atoms with van der Waals surface area (Å²) in [5.74, 6) is 3.11. The third-order valence-electron chi connectivity index (χ3n) is 6.73. The summed E-state index contributed by atoms with van der Waals surface area (Å²) >= 11 is 0. The summed E-state index contributed by atoms with van der Waals surface area (Å²) < 4.78 is 5.40. The van der Waals surface area contributed by atoms with Crippen molar-refractivity contribution in [3.63, 3.8) is 0 Å². The molecular weight excluding hydrogens is 320 g/mol. The van der Waals surface area contributed by atoms with Crippen LogP contribution in [0, 0.1) is 17.8 Å². The topological polar surface area (TPSA) is 29.5 Å². The molecule has 4 aliphatic rings. The molecule has 3 atom stereocenters. The van der Waals surface area contributed by atoms with Gasteiger partial charge in [0.05, 0.1) is 13.2 Å².